The predicted molar refractivity (Wildman–Crippen MR) is 106 cm³/mol. The van der Waals surface area contributed by atoms with Crippen LogP contribution in [0.4, 0.5) is 0 Å². The van der Waals surface area contributed by atoms with Gasteiger partial charge >= 0.3 is 0 Å². The first-order chi connectivity index (χ1) is 13.7. The Kier molecular flexibility index (Phi) is 5.50. The standard InChI is InChI=1S/C21H26N6O/c1-25-19(16-27-13-5-12-22-27)23-24-21(25)18-10-14-26(15-11-18)20(28)9-8-17-6-3-2-4-7-17/h2-7,12-13,18H,8-11,14-16H2,1H3. The van der Waals surface area contributed by atoms with E-state index >= 15 is 0 Å². The fourth-order valence-corrected chi connectivity index (χ4v) is 3.85. The van der Waals surface area contributed by atoms with E-state index in [9.17, 15) is 4.79 Å². The first-order valence-corrected chi connectivity index (χ1v) is 9.88. The fraction of sp³-hybridized carbons (Fsp3) is 0.429. The summed E-state index contributed by atoms with van der Waals surface area (Å²) in [6, 6.07) is 12.1. The molecule has 0 bridgehead atoms. The number of rotatable bonds is 6. The Balaban J connectivity index is 1.30. The quantitative estimate of drug-likeness (QED) is 0.660. The van der Waals surface area contributed by atoms with Crippen molar-refractivity contribution in [2.24, 2.45) is 7.05 Å². The number of benzene rings is 1. The van der Waals surface area contributed by atoms with Crippen LogP contribution in [0.25, 0.3) is 0 Å². The van der Waals surface area contributed by atoms with E-state index in [1.807, 2.05) is 47.1 Å². The highest BCUT2D eigenvalue weighted by atomic mass is 16.2. The third kappa shape index (κ3) is 4.13. The van der Waals surface area contributed by atoms with Gasteiger partial charge < -0.3 is 9.47 Å². The number of piperidine rings is 1. The summed E-state index contributed by atoms with van der Waals surface area (Å²) < 4.78 is 3.93. The zero-order valence-electron chi connectivity index (χ0n) is 16.2. The van der Waals surface area contributed by atoms with E-state index in [4.69, 9.17) is 0 Å². The Bertz CT molecular complexity index is 894. The number of amides is 1. The van der Waals surface area contributed by atoms with E-state index in [1.54, 1.807) is 6.20 Å². The van der Waals surface area contributed by atoms with Crippen LogP contribution >= 0.6 is 0 Å². The Hall–Kier alpha value is -2.96. The SMILES string of the molecule is Cn1c(Cn2cccn2)nnc1C1CCN(C(=O)CCc2ccccc2)CC1. The molecule has 7 heteroatoms. The second-order valence-corrected chi connectivity index (χ2v) is 7.38. The molecule has 2 aromatic heterocycles. The van der Waals surface area contributed by atoms with Crippen LogP contribution in [-0.2, 0) is 24.8 Å². The minimum absolute atomic E-state index is 0.250. The molecule has 1 aliphatic heterocycles. The minimum atomic E-state index is 0.250. The lowest BCUT2D eigenvalue weighted by Gasteiger charge is -2.31. The maximum Gasteiger partial charge on any atom is 0.222 e. The van der Waals surface area contributed by atoms with Crippen LogP contribution in [-0.4, -0.2) is 48.4 Å². The van der Waals surface area contributed by atoms with Crippen molar-refractivity contribution in [2.75, 3.05) is 13.1 Å². The number of carbonyl (C=O) groups is 1. The van der Waals surface area contributed by atoms with Crippen LogP contribution < -0.4 is 0 Å². The van der Waals surface area contributed by atoms with E-state index in [-0.39, 0.29) is 5.91 Å². The lowest BCUT2D eigenvalue weighted by Crippen LogP contribution is -2.38. The summed E-state index contributed by atoms with van der Waals surface area (Å²) in [7, 11) is 2.02. The molecule has 7 nitrogen and oxygen atoms in total. The third-order valence-corrected chi connectivity index (χ3v) is 5.54. The van der Waals surface area contributed by atoms with Crippen LogP contribution in [0.5, 0.6) is 0 Å². The number of aryl methyl sites for hydroxylation is 1. The number of likely N-dealkylation sites (tertiary alicyclic amines) is 1. The molecule has 0 atom stereocenters. The van der Waals surface area contributed by atoms with Crippen LogP contribution in [0.3, 0.4) is 0 Å². The third-order valence-electron chi connectivity index (χ3n) is 5.54. The molecule has 0 spiro atoms. The van der Waals surface area contributed by atoms with Crippen molar-refractivity contribution < 1.29 is 4.79 Å². The first-order valence-electron chi connectivity index (χ1n) is 9.88. The Morgan fingerprint density at radius 2 is 1.89 bits per heavy atom. The van der Waals surface area contributed by atoms with Gasteiger partial charge in [-0.2, -0.15) is 5.10 Å². The highest BCUT2D eigenvalue weighted by Crippen LogP contribution is 2.27. The normalized spacial score (nSPS) is 15.1. The molecule has 1 aliphatic rings. The van der Waals surface area contributed by atoms with Crippen molar-refractivity contribution >= 4 is 5.91 Å². The second-order valence-electron chi connectivity index (χ2n) is 7.38. The molecule has 146 valence electrons. The van der Waals surface area contributed by atoms with Crippen molar-refractivity contribution in [3.8, 4) is 0 Å². The van der Waals surface area contributed by atoms with E-state index in [0.29, 0.717) is 18.9 Å². The number of carbonyl (C=O) groups excluding carboxylic acids is 1. The zero-order chi connectivity index (χ0) is 19.3. The highest BCUT2D eigenvalue weighted by molar-refractivity contribution is 5.76. The predicted octanol–water partition coefficient (Wildman–Crippen LogP) is 2.40. The fourth-order valence-electron chi connectivity index (χ4n) is 3.85. The largest absolute Gasteiger partial charge is 0.343 e. The van der Waals surface area contributed by atoms with E-state index < -0.39 is 0 Å². The Morgan fingerprint density at radius 3 is 2.61 bits per heavy atom. The average Bonchev–Trinajstić information content (AvgIpc) is 3.38. The molecule has 0 radical (unpaired) electrons. The van der Waals surface area contributed by atoms with Crippen molar-refractivity contribution in [2.45, 2.75) is 38.1 Å². The summed E-state index contributed by atoms with van der Waals surface area (Å²) in [5, 5.41) is 13.0. The first kappa shape index (κ1) is 18.4. The van der Waals surface area contributed by atoms with Crippen LogP contribution in [0.15, 0.2) is 48.8 Å². The molecule has 0 N–H and O–H groups in total. The van der Waals surface area contributed by atoms with E-state index in [1.165, 1.54) is 5.56 Å². The number of nitrogens with zero attached hydrogens (tertiary/aromatic N) is 6. The molecule has 1 fully saturated rings. The average molecular weight is 378 g/mol. The van der Waals surface area contributed by atoms with Crippen molar-refractivity contribution in [1.82, 2.24) is 29.4 Å². The lowest BCUT2D eigenvalue weighted by atomic mass is 9.95. The topological polar surface area (TPSA) is 68.8 Å². The monoisotopic (exact) mass is 378 g/mol. The van der Waals surface area contributed by atoms with Gasteiger partial charge in [0.15, 0.2) is 5.82 Å². The molecular formula is C21H26N6O. The molecule has 3 heterocycles. The maximum atomic E-state index is 12.5. The van der Waals surface area contributed by atoms with Crippen molar-refractivity contribution in [1.29, 1.82) is 0 Å². The molecular weight excluding hydrogens is 352 g/mol. The maximum absolute atomic E-state index is 12.5. The highest BCUT2D eigenvalue weighted by Gasteiger charge is 2.27. The van der Waals surface area contributed by atoms with Crippen LogP contribution in [0, 0.1) is 0 Å². The summed E-state index contributed by atoms with van der Waals surface area (Å²) in [5.41, 5.74) is 1.22. The number of hydrogen-bond donors (Lipinski definition) is 0. The van der Waals surface area contributed by atoms with Gasteiger partial charge in [-0.25, -0.2) is 0 Å². The summed E-state index contributed by atoms with van der Waals surface area (Å²) in [4.78, 5) is 14.5. The molecule has 0 saturated carbocycles. The van der Waals surface area contributed by atoms with Gasteiger partial charge in [-0.1, -0.05) is 30.3 Å². The Morgan fingerprint density at radius 1 is 1.11 bits per heavy atom. The molecule has 28 heavy (non-hydrogen) atoms. The van der Waals surface area contributed by atoms with Gasteiger partial charge in [0.25, 0.3) is 0 Å². The van der Waals surface area contributed by atoms with Crippen LogP contribution in [0.1, 0.15) is 42.4 Å². The van der Waals surface area contributed by atoms with Gasteiger partial charge in [0.1, 0.15) is 12.4 Å². The van der Waals surface area contributed by atoms with Crippen molar-refractivity contribution in [3.63, 3.8) is 0 Å². The minimum Gasteiger partial charge on any atom is -0.343 e. The van der Waals surface area contributed by atoms with E-state index in [0.717, 1.165) is 44.0 Å². The van der Waals surface area contributed by atoms with Crippen LogP contribution in [0.2, 0.25) is 0 Å². The molecule has 0 unspecified atom stereocenters. The number of aromatic nitrogens is 5. The summed E-state index contributed by atoms with van der Waals surface area (Å²) in [6.45, 7) is 2.20. The summed E-state index contributed by atoms with van der Waals surface area (Å²) >= 11 is 0. The molecule has 1 saturated heterocycles. The molecule has 1 aromatic carbocycles. The van der Waals surface area contributed by atoms with Gasteiger partial charge in [0.05, 0.1) is 0 Å². The zero-order valence-corrected chi connectivity index (χ0v) is 16.2. The molecule has 0 aliphatic carbocycles. The smallest absolute Gasteiger partial charge is 0.222 e. The van der Waals surface area contributed by atoms with Gasteiger partial charge in [0, 0.05) is 44.9 Å². The van der Waals surface area contributed by atoms with E-state index in [2.05, 4.69) is 32.0 Å². The molecule has 1 amide bonds. The Labute approximate surface area is 165 Å². The van der Waals surface area contributed by atoms with Gasteiger partial charge in [-0.3, -0.25) is 9.48 Å². The lowest BCUT2D eigenvalue weighted by molar-refractivity contribution is -0.132. The molecule has 3 aromatic rings. The molecule has 4 rings (SSSR count). The van der Waals surface area contributed by atoms with Gasteiger partial charge in [0.2, 0.25) is 5.91 Å². The number of hydrogen-bond acceptors (Lipinski definition) is 4. The van der Waals surface area contributed by atoms with Gasteiger partial charge in [-0.15, -0.1) is 10.2 Å². The summed E-state index contributed by atoms with van der Waals surface area (Å²) in [6.07, 6.45) is 6.94. The van der Waals surface area contributed by atoms with Gasteiger partial charge in [-0.05, 0) is 30.9 Å². The van der Waals surface area contributed by atoms with Crippen molar-refractivity contribution in [3.05, 3.63) is 66.0 Å². The summed E-state index contributed by atoms with van der Waals surface area (Å²) in [5.74, 6) is 2.51. The second kappa shape index (κ2) is 8.37.